The van der Waals surface area contributed by atoms with Crippen LogP contribution in [0.5, 0.6) is 11.5 Å². The molecule has 35 heavy (non-hydrogen) atoms. The van der Waals surface area contributed by atoms with Crippen LogP contribution in [0.15, 0.2) is 48.5 Å². The summed E-state index contributed by atoms with van der Waals surface area (Å²) in [6.45, 7) is 1.42. The fourth-order valence-electron chi connectivity index (χ4n) is 4.00. The highest BCUT2D eigenvalue weighted by atomic mass is 32.1. The Balaban J connectivity index is 1.17. The average Bonchev–Trinajstić information content (AvgIpc) is 3.57. The van der Waals surface area contributed by atoms with E-state index in [1.807, 2.05) is 30.3 Å². The Hall–Kier alpha value is -3.99. The Morgan fingerprint density at radius 1 is 1.03 bits per heavy atom. The fraction of sp³-hybridized carbons (Fsp3) is 0.292. The Morgan fingerprint density at radius 3 is 2.69 bits per heavy atom. The number of hydrogen-bond acceptors (Lipinski definition) is 8. The number of likely N-dealkylation sites (tertiary alicyclic amines) is 1. The minimum atomic E-state index is -0.475. The number of hydrogen-bond donors (Lipinski definition) is 2. The van der Waals surface area contributed by atoms with Crippen LogP contribution < -0.4 is 20.1 Å². The summed E-state index contributed by atoms with van der Waals surface area (Å²) >= 11 is 0.923. The zero-order valence-electron chi connectivity index (χ0n) is 18.7. The van der Waals surface area contributed by atoms with Gasteiger partial charge in [0.1, 0.15) is 0 Å². The molecule has 2 aliphatic rings. The second-order valence-corrected chi connectivity index (χ2v) is 9.21. The van der Waals surface area contributed by atoms with Crippen molar-refractivity contribution in [3.63, 3.8) is 0 Å². The zero-order valence-corrected chi connectivity index (χ0v) is 19.5. The van der Waals surface area contributed by atoms with E-state index in [1.165, 1.54) is 0 Å². The summed E-state index contributed by atoms with van der Waals surface area (Å²) in [5, 5.41) is 13.7. The lowest BCUT2D eigenvalue weighted by atomic mass is 9.97. The van der Waals surface area contributed by atoms with Gasteiger partial charge in [-0.2, -0.15) is 0 Å². The number of carbonyl (C=O) groups is 3. The Morgan fingerprint density at radius 2 is 1.83 bits per heavy atom. The maximum atomic E-state index is 13.0. The highest BCUT2D eigenvalue weighted by Gasteiger charge is 2.31. The van der Waals surface area contributed by atoms with E-state index >= 15 is 0 Å². The average molecular weight is 494 g/mol. The van der Waals surface area contributed by atoms with Crippen LogP contribution in [-0.2, 0) is 11.3 Å². The van der Waals surface area contributed by atoms with Gasteiger partial charge in [-0.15, -0.1) is 10.2 Å². The summed E-state index contributed by atoms with van der Waals surface area (Å²) < 4.78 is 10.6. The molecule has 10 nitrogen and oxygen atoms in total. The van der Waals surface area contributed by atoms with Crippen LogP contribution in [0.4, 0.5) is 5.69 Å². The summed E-state index contributed by atoms with van der Waals surface area (Å²) in [6, 6.07) is 14.7. The van der Waals surface area contributed by atoms with Crippen molar-refractivity contribution in [3.05, 3.63) is 64.1 Å². The number of anilines is 1. The van der Waals surface area contributed by atoms with E-state index in [0.29, 0.717) is 49.7 Å². The second-order valence-electron chi connectivity index (χ2n) is 8.23. The number of aromatic nitrogens is 2. The topological polar surface area (TPSA) is 123 Å². The van der Waals surface area contributed by atoms with Crippen molar-refractivity contribution in [2.75, 3.05) is 25.2 Å². The largest absolute Gasteiger partial charge is 0.454 e. The Kier molecular flexibility index (Phi) is 6.57. The fourth-order valence-corrected chi connectivity index (χ4v) is 4.71. The molecule has 5 rings (SSSR count). The van der Waals surface area contributed by atoms with Gasteiger partial charge in [0.15, 0.2) is 11.5 Å². The van der Waals surface area contributed by atoms with Crippen molar-refractivity contribution >= 4 is 34.7 Å². The highest BCUT2D eigenvalue weighted by Crippen LogP contribution is 2.34. The van der Waals surface area contributed by atoms with Gasteiger partial charge in [-0.3, -0.25) is 14.4 Å². The van der Waals surface area contributed by atoms with E-state index in [2.05, 4.69) is 20.8 Å². The predicted molar refractivity (Wildman–Crippen MR) is 127 cm³/mol. The highest BCUT2D eigenvalue weighted by molar-refractivity contribution is 7.15. The molecule has 0 radical (unpaired) electrons. The molecule has 1 saturated heterocycles. The number of amides is 3. The molecular formula is C24H23N5O5S. The van der Waals surface area contributed by atoms with E-state index in [1.54, 1.807) is 23.1 Å². The van der Waals surface area contributed by atoms with Crippen LogP contribution in [0.1, 0.15) is 38.0 Å². The van der Waals surface area contributed by atoms with E-state index in [0.717, 1.165) is 16.9 Å². The summed E-state index contributed by atoms with van der Waals surface area (Å²) in [5.41, 5.74) is 1.53. The third-order valence-electron chi connectivity index (χ3n) is 5.82. The summed E-state index contributed by atoms with van der Waals surface area (Å²) in [7, 11) is 0. The minimum absolute atomic E-state index is 0.0696. The Labute approximate surface area is 205 Å². The number of fused-ring (bicyclic) bond motifs is 1. The maximum absolute atomic E-state index is 13.0. The van der Waals surface area contributed by atoms with E-state index in [4.69, 9.17) is 9.47 Å². The van der Waals surface area contributed by atoms with Crippen molar-refractivity contribution in [1.29, 1.82) is 0 Å². The maximum Gasteiger partial charge on any atom is 0.286 e. The first-order valence-electron chi connectivity index (χ1n) is 11.2. The first-order valence-corrected chi connectivity index (χ1v) is 12.0. The van der Waals surface area contributed by atoms with Crippen LogP contribution >= 0.6 is 11.3 Å². The van der Waals surface area contributed by atoms with Gasteiger partial charge in [-0.25, -0.2) is 0 Å². The molecule has 2 aliphatic heterocycles. The molecule has 0 bridgehead atoms. The molecule has 1 fully saturated rings. The standard InChI is InChI=1S/C24H23N5O5S/c30-20(25-12-15-5-2-1-3-6-15)16-7-4-10-29(13-16)24(32)23-28-27-22(35-23)21(31)26-17-8-9-18-19(11-17)34-14-33-18/h1-3,5-6,8-9,11,16H,4,7,10,12-14H2,(H,25,30)(H,26,31). The first-order chi connectivity index (χ1) is 17.1. The molecule has 3 amide bonds. The molecule has 0 spiro atoms. The quantitative estimate of drug-likeness (QED) is 0.541. The molecule has 1 aromatic heterocycles. The molecule has 3 aromatic rings. The second kappa shape index (κ2) is 10.1. The van der Waals surface area contributed by atoms with Crippen LogP contribution in [0.3, 0.4) is 0 Å². The molecule has 3 heterocycles. The molecule has 0 saturated carbocycles. The molecule has 11 heteroatoms. The molecule has 2 aromatic carbocycles. The van der Waals surface area contributed by atoms with E-state index in [9.17, 15) is 14.4 Å². The van der Waals surface area contributed by atoms with Crippen molar-refractivity contribution in [1.82, 2.24) is 20.4 Å². The van der Waals surface area contributed by atoms with Crippen molar-refractivity contribution in [2.45, 2.75) is 19.4 Å². The van der Waals surface area contributed by atoms with Gasteiger partial charge in [-0.1, -0.05) is 41.7 Å². The van der Waals surface area contributed by atoms with Crippen molar-refractivity contribution in [3.8, 4) is 11.5 Å². The molecule has 0 aliphatic carbocycles. The normalized spacial score (nSPS) is 16.6. The van der Waals surface area contributed by atoms with Crippen molar-refractivity contribution in [2.24, 2.45) is 5.92 Å². The number of piperidine rings is 1. The van der Waals surface area contributed by atoms with Crippen molar-refractivity contribution < 1.29 is 23.9 Å². The number of carbonyl (C=O) groups excluding carboxylic acids is 3. The minimum Gasteiger partial charge on any atom is -0.454 e. The van der Waals surface area contributed by atoms with Gasteiger partial charge in [-0.05, 0) is 30.5 Å². The van der Waals surface area contributed by atoms with Crippen LogP contribution in [-0.4, -0.2) is 52.7 Å². The Bertz CT molecular complexity index is 1250. The third-order valence-corrected chi connectivity index (χ3v) is 6.73. The lowest BCUT2D eigenvalue weighted by Crippen LogP contribution is -2.45. The zero-order chi connectivity index (χ0) is 24.2. The van der Waals surface area contributed by atoms with E-state index < -0.39 is 5.91 Å². The number of nitrogens with one attached hydrogen (secondary N) is 2. The molecule has 2 N–H and O–H groups in total. The van der Waals surface area contributed by atoms with E-state index in [-0.39, 0.29) is 34.5 Å². The van der Waals surface area contributed by atoms with Crippen LogP contribution in [0, 0.1) is 5.92 Å². The summed E-state index contributed by atoms with van der Waals surface area (Å²) in [4.78, 5) is 39.9. The monoisotopic (exact) mass is 493 g/mol. The molecule has 1 unspecified atom stereocenters. The molecule has 1 atom stereocenters. The SMILES string of the molecule is O=C(Nc1ccc2c(c1)OCO2)c1nnc(C(=O)N2CCCC(C(=O)NCc3ccccc3)C2)s1. The smallest absolute Gasteiger partial charge is 0.286 e. The van der Waals surface area contributed by atoms with Gasteiger partial charge < -0.3 is 25.0 Å². The first kappa shape index (κ1) is 22.8. The van der Waals surface area contributed by atoms with Crippen LogP contribution in [0.2, 0.25) is 0 Å². The third kappa shape index (κ3) is 5.24. The lowest BCUT2D eigenvalue weighted by Gasteiger charge is -2.31. The van der Waals surface area contributed by atoms with Gasteiger partial charge >= 0.3 is 0 Å². The molecule has 180 valence electrons. The summed E-state index contributed by atoms with van der Waals surface area (Å²) in [5.74, 6) is -0.0169. The predicted octanol–water partition coefficient (Wildman–Crippen LogP) is 2.69. The lowest BCUT2D eigenvalue weighted by molar-refractivity contribution is -0.126. The number of ether oxygens (including phenoxy) is 2. The summed E-state index contributed by atoms with van der Waals surface area (Å²) in [6.07, 6.45) is 1.43. The van der Waals surface area contributed by atoms with Crippen LogP contribution in [0.25, 0.3) is 0 Å². The molecular weight excluding hydrogens is 470 g/mol. The van der Waals surface area contributed by atoms with Gasteiger partial charge in [0.05, 0.1) is 5.92 Å². The van der Waals surface area contributed by atoms with Gasteiger partial charge in [0, 0.05) is 31.4 Å². The number of benzene rings is 2. The van der Waals surface area contributed by atoms with Gasteiger partial charge in [0.25, 0.3) is 11.8 Å². The number of nitrogens with zero attached hydrogens (tertiary/aromatic N) is 3. The van der Waals surface area contributed by atoms with Gasteiger partial charge in [0.2, 0.25) is 22.7 Å². The number of rotatable bonds is 6.